The summed E-state index contributed by atoms with van der Waals surface area (Å²) >= 11 is 0. The number of hydrogen-bond donors (Lipinski definition) is 0. The summed E-state index contributed by atoms with van der Waals surface area (Å²) in [6, 6.07) is 50.1. The van der Waals surface area contributed by atoms with Crippen molar-refractivity contribution in [2.24, 2.45) is 0 Å². The predicted octanol–water partition coefficient (Wildman–Crippen LogP) is 11.3. The van der Waals surface area contributed by atoms with E-state index in [1.54, 1.807) is 10.4 Å². The average Bonchev–Trinajstić information content (AvgIpc) is 3.59. The Hall–Kier alpha value is -4.91. The van der Waals surface area contributed by atoms with Gasteiger partial charge in [-0.05, 0) is 80.4 Å². The standard InChI is InChI=1S/C44H40N2Si2/c1-47(2,3)43-35-25-23-30(46-41-21-13-9-17-33(41)34-18-10-14-22-42(34)46)28-38(35)44(48(4,5)6)36-26-24-29(27-37(36)43)45-39-19-11-7-15-31(39)32-16-8-12-20-40(32)45/h7-28H,1-6H3. The van der Waals surface area contributed by atoms with Gasteiger partial charge in [0.25, 0.3) is 0 Å². The molecular formula is C44H40N2Si2. The number of benzene rings is 7. The molecule has 2 nitrogen and oxygen atoms in total. The first-order chi connectivity index (χ1) is 23.1. The second-order valence-electron chi connectivity index (χ2n) is 15.4. The van der Waals surface area contributed by atoms with Gasteiger partial charge in [0.1, 0.15) is 0 Å². The van der Waals surface area contributed by atoms with Crippen molar-refractivity contribution >= 4 is 91.7 Å². The lowest BCUT2D eigenvalue weighted by molar-refractivity contribution is 1.18. The molecule has 0 aliphatic heterocycles. The summed E-state index contributed by atoms with van der Waals surface area (Å²) in [7, 11) is -3.66. The summed E-state index contributed by atoms with van der Waals surface area (Å²) in [6.07, 6.45) is 0. The maximum atomic E-state index is 2.52. The molecular weight excluding hydrogens is 613 g/mol. The molecule has 0 bridgehead atoms. The van der Waals surface area contributed by atoms with Crippen molar-refractivity contribution in [2.45, 2.75) is 39.3 Å². The Morgan fingerprint density at radius 1 is 0.312 bits per heavy atom. The van der Waals surface area contributed by atoms with Gasteiger partial charge in [0.05, 0.1) is 38.2 Å². The topological polar surface area (TPSA) is 9.86 Å². The fourth-order valence-corrected chi connectivity index (χ4v) is 12.6. The molecule has 0 aliphatic rings. The second-order valence-corrected chi connectivity index (χ2v) is 25.4. The molecule has 0 fully saturated rings. The first kappa shape index (κ1) is 29.2. The van der Waals surface area contributed by atoms with E-state index in [0.29, 0.717) is 0 Å². The molecule has 0 N–H and O–H groups in total. The first-order valence-corrected chi connectivity index (χ1v) is 24.1. The smallest absolute Gasteiger partial charge is 0.0792 e. The quantitative estimate of drug-likeness (QED) is 0.132. The van der Waals surface area contributed by atoms with Gasteiger partial charge in [-0.1, -0.05) is 124 Å². The molecule has 0 unspecified atom stereocenters. The van der Waals surface area contributed by atoms with Gasteiger partial charge in [0.15, 0.2) is 0 Å². The van der Waals surface area contributed by atoms with Crippen LogP contribution in [-0.2, 0) is 0 Å². The highest BCUT2D eigenvalue weighted by Crippen LogP contribution is 2.36. The zero-order chi connectivity index (χ0) is 32.9. The number of nitrogens with zero attached hydrogens (tertiary/aromatic N) is 2. The van der Waals surface area contributed by atoms with Gasteiger partial charge in [-0.15, -0.1) is 0 Å². The highest BCUT2D eigenvalue weighted by molar-refractivity contribution is 6.95. The van der Waals surface area contributed by atoms with Gasteiger partial charge in [-0.2, -0.15) is 0 Å². The Kier molecular flexibility index (Phi) is 6.27. The van der Waals surface area contributed by atoms with Gasteiger partial charge < -0.3 is 9.13 Å². The van der Waals surface area contributed by atoms with Crippen LogP contribution in [0.1, 0.15) is 0 Å². The van der Waals surface area contributed by atoms with Crippen molar-refractivity contribution in [3.05, 3.63) is 133 Å². The fourth-order valence-electron chi connectivity index (χ4n) is 8.50. The average molecular weight is 653 g/mol. The number of para-hydroxylation sites is 4. The third kappa shape index (κ3) is 4.22. The zero-order valence-corrected chi connectivity index (χ0v) is 30.6. The molecule has 234 valence electrons. The third-order valence-corrected chi connectivity index (χ3v) is 14.3. The van der Waals surface area contributed by atoms with Crippen LogP contribution < -0.4 is 10.4 Å². The van der Waals surface area contributed by atoms with E-state index in [0.717, 1.165) is 0 Å². The summed E-state index contributed by atoms with van der Waals surface area (Å²) in [5.74, 6) is 0. The van der Waals surface area contributed by atoms with E-state index in [2.05, 4.69) is 182 Å². The molecule has 0 spiro atoms. The van der Waals surface area contributed by atoms with E-state index in [4.69, 9.17) is 0 Å². The maximum Gasteiger partial charge on any atom is 0.0792 e. The highest BCUT2D eigenvalue weighted by atomic mass is 28.3. The first-order valence-electron chi connectivity index (χ1n) is 17.1. The normalized spacial score (nSPS) is 12.8. The Morgan fingerprint density at radius 3 is 0.896 bits per heavy atom. The van der Waals surface area contributed by atoms with Gasteiger partial charge in [0.2, 0.25) is 0 Å². The molecule has 0 radical (unpaired) electrons. The molecule has 0 aliphatic carbocycles. The van der Waals surface area contributed by atoms with Crippen molar-refractivity contribution in [3.63, 3.8) is 0 Å². The Labute approximate surface area is 283 Å². The molecule has 9 aromatic rings. The van der Waals surface area contributed by atoms with Crippen LogP contribution in [0.2, 0.25) is 39.3 Å². The minimum Gasteiger partial charge on any atom is -0.309 e. The monoisotopic (exact) mass is 652 g/mol. The van der Waals surface area contributed by atoms with Crippen LogP contribution in [0.5, 0.6) is 0 Å². The van der Waals surface area contributed by atoms with E-state index in [1.165, 1.54) is 76.5 Å². The van der Waals surface area contributed by atoms with Crippen molar-refractivity contribution in [1.29, 1.82) is 0 Å². The van der Waals surface area contributed by atoms with Crippen molar-refractivity contribution in [1.82, 2.24) is 9.13 Å². The largest absolute Gasteiger partial charge is 0.309 e. The zero-order valence-electron chi connectivity index (χ0n) is 28.6. The van der Waals surface area contributed by atoms with E-state index < -0.39 is 16.1 Å². The lowest BCUT2D eigenvalue weighted by Gasteiger charge is -2.29. The Balaban J connectivity index is 1.40. The number of aromatic nitrogens is 2. The van der Waals surface area contributed by atoms with Crippen LogP contribution in [0.15, 0.2) is 133 Å². The van der Waals surface area contributed by atoms with Crippen LogP contribution in [0.25, 0.3) is 76.5 Å². The third-order valence-electron chi connectivity index (χ3n) is 10.3. The molecule has 0 saturated heterocycles. The van der Waals surface area contributed by atoms with Crippen LogP contribution in [0, 0.1) is 0 Å². The summed E-state index contributed by atoms with van der Waals surface area (Å²) < 4.78 is 4.95. The van der Waals surface area contributed by atoms with Crippen molar-refractivity contribution in [3.8, 4) is 11.4 Å². The summed E-state index contributed by atoms with van der Waals surface area (Å²) in [6.45, 7) is 15.1. The van der Waals surface area contributed by atoms with E-state index in [-0.39, 0.29) is 0 Å². The predicted molar refractivity (Wildman–Crippen MR) is 216 cm³/mol. The molecule has 0 saturated carbocycles. The molecule has 2 heterocycles. The Morgan fingerprint density at radius 2 is 0.604 bits per heavy atom. The fraction of sp³-hybridized carbons (Fsp3) is 0.136. The summed E-state index contributed by atoms with van der Waals surface area (Å²) in [5.41, 5.74) is 7.51. The molecule has 0 amide bonds. The molecule has 0 atom stereocenters. The van der Waals surface area contributed by atoms with Crippen molar-refractivity contribution in [2.75, 3.05) is 0 Å². The Bertz CT molecular complexity index is 2450. The lowest BCUT2D eigenvalue weighted by Crippen LogP contribution is -2.44. The lowest BCUT2D eigenvalue weighted by atomic mass is 10.0. The molecule has 9 rings (SSSR count). The van der Waals surface area contributed by atoms with Gasteiger partial charge in [-0.25, -0.2) is 0 Å². The summed E-state index contributed by atoms with van der Waals surface area (Å²) in [4.78, 5) is 0. The summed E-state index contributed by atoms with van der Waals surface area (Å²) in [5, 5.41) is 14.1. The molecule has 48 heavy (non-hydrogen) atoms. The van der Waals surface area contributed by atoms with Crippen molar-refractivity contribution < 1.29 is 0 Å². The molecule has 7 aromatic carbocycles. The molecule has 2 aromatic heterocycles. The minimum absolute atomic E-state index is 1.24. The molecule has 4 heteroatoms. The van der Waals surface area contributed by atoms with Crippen LogP contribution in [0.4, 0.5) is 0 Å². The van der Waals surface area contributed by atoms with E-state index in [9.17, 15) is 0 Å². The van der Waals surface area contributed by atoms with Gasteiger partial charge in [0, 0.05) is 32.9 Å². The number of rotatable bonds is 4. The SMILES string of the molecule is C[Si](C)(C)c1c2ccc(-n3c4ccccc4c4ccccc43)cc2c([Si](C)(C)C)c2ccc(-n3c4ccccc4c4ccccc43)cc12. The van der Waals surface area contributed by atoms with Gasteiger partial charge >= 0.3 is 0 Å². The maximum absolute atomic E-state index is 2.52. The highest BCUT2D eigenvalue weighted by Gasteiger charge is 2.30. The number of fused-ring (bicyclic) bond motifs is 8. The van der Waals surface area contributed by atoms with E-state index >= 15 is 0 Å². The van der Waals surface area contributed by atoms with E-state index in [1.807, 2.05) is 0 Å². The van der Waals surface area contributed by atoms with Crippen LogP contribution in [-0.4, -0.2) is 25.3 Å². The second kappa shape index (κ2) is 10.3. The number of hydrogen-bond acceptors (Lipinski definition) is 0. The minimum atomic E-state index is -1.83. The van der Waals surface area contributed by atoms with Crippen LogP contribution in [0.3, 0.4) is 0 Å². The van der Waals surface area contributed by atoms with Crippen LogP contribution >= 0.6 is 0 Å². The van der Waals surface area contributed by atoms with Gasteiger partial charge in [-0.3, -0.25) is 0 Å².